The van der Waals surface area contributed by atoms with Crippen molar-refractivity contribution in [3.8, 4) is 5.75 Å². The van der Waals surface area contributed by atoms with Crippen LogP contribution in [0.15, 0.2) is 60.7 Å². The lowest BCUT2D eigenvalue weighted by Gasteiger charge is -2.15. The van der Waals surface area contributed by atoms with E-state index in [1.165, 1.54) is 19.2 Å². The highest BCUT2D eigenvalue weighted by Crippen LogP contribution is 2.30. The second-order valence-electron chi connectivity index (χ2n) is 4.86. The van der Waals surface area contributed by atoms with Gasteiger partial charge in [-0.05, 0) is 34.0 Å². The molecule has 0 heterocycles. The summed E-state index contributed by atoms with van der Waals surface area (Å²) < 4.78 is 18.7. The number of ether oxygens (including phenoxy) is 1. The smallest absolute Gasteiger partial charge is 0.165 e. The van der Waals surface area contributed by atoms with E-state index < -0.39 is 11.9 Å². The summed E-state index contributed by atoms with van der Waals surface area (Å²) in [5.41, 5.74) is 1.27. The number of rotatable bonds is 3. The normalized spacial score (nSPS) is 12.3. The van der Waals surface area contributed by atoms with E-state index in [0.717, 1.165) is 16.3 Å². The number of hydrogen-bond acceptors (Lipinski definition) is 2. The quantitative estimate of drug-likeness (QED) is 0.784. The van der Waals surface area contributed by atoms with E-state index in [-0.39, 0.29) is 5.75 Å². The number of hydrogen-bond donors (Lipinski definition) is 1. The molecule has 0 fully saturated rings. The molecule has 0 radical (unpaired) electrons. The summed E-state index contributed by atoms with van der Waals surface area (Å²) in [5.74, 6) is -0.307. The van der Waals surface area contributed by atoms with Gasteiger partial charge in [-0.25, -0.2) is 4.39 Å². The molecule has 0 aliphatic heterocycles. The number of methoxy groups -OCH3 is 1. The molecule has 1 unspecified atom stereocenters. The average Bonchev–Trinajstić information content (AvgIpc) is 2.53. The topological polar surface area (TPSA) is 29.5 Å². The Kier molecular flexibility index (Phi) is 3.59. The van der Waals surface area contributed by atoms with Gasteiger partial charge in [0.25, 0.3) is 0 Å². The molecule has 0 aliphatic carbocycles. The first-order valence-corrected chi connectivity index (χ1v) is 6.70. The molecule has 3 aromatic carbocycles. The molecule has 0 spiro atoms. The minimum absolute atomic E-state index is 0.170. The molecule has 3 heteroatoms. The minimum atomic E-state index is -0.878. The highest BCUT2D eigenvalue weighted by Gasteiger charge is 2.15. The van der Waals surface area contributed by atoms with Crippen molar-refractivity contribution in [2.45, 2.75) is 6.10 Å². The van der Waals surface area contributed by atoms with Crippen LogP contribution in [0.4, 0.5) is 4.39 Å². The highest BCUT2D eigenvalue weighted by molar-refractivity contribution is 5.86. The van der Waals surface area contributed by atoms with Gasteiger partial charge in [0.1, 0.15) is 6.10 Å². The molecule has 3 aromatic rings. The van der Waals surface area contributed by atoms with E-state index in [4.69, 9.17) is 4.74 Å². The first kappa shape index (κ1) is 13.6. The van der Waals surface area contributed by atoms with Crippen molar-refractivity contribution in [1.29, 1.82) is 0 Å². The van der Waals surface area contributed by atoms with Crippen molar-refractivity contribution < 1.29 is 14.2 Å². The van der Waals surface area contributed by atoms with Crippen LogP contribution in [0.1, 0.15) is 17.2 Å². The molecule has 0 bridgehead atoms. The second kappa shape index (κ2) is 5.54. The Morgan fingerprint density at radius 1 is 1.00 bits per heavy atom. The Morgan fingerprint density at radius 3 is 2.52 bits per heavy atom. The summed E-state index contributed by atoms with van der Waals surface area (Å²) in [4.78, 5) is 0. The third-order valence-corrected chi connectivity index (χ3v) is 3.61. The van der Waals surface area contributed by atoms with Gasteiger partial charge >= 0.3 is 0 Å². The zero-order valence-corrected chi connectivity index (χ0v) is 11.6. The standard InChI is InChI=1S/C18H15FO2/c1-21-17-10-9-13(11-16(17)19)18(20)15-8-4-6-12-5-2-3-7-14(12)15/h2-11,18,20H,1H3. The SMILES string of the molecule is COc1ccc(C(O)c2cccc3ccccc23)cc1F. The Hall–Kier alpha value is -2.39. The van der Waals surface area contributed by atoms with E-state index in [2.05, 4.69) is 0 Å². The number of halogens is 1. The Balaban J connectivity index is 2.08. The van der Waals surface area contributed by atoms with Crippen LogP contribution in [0.3, 0.4) is 0 Å². The van der Waals surface area contributed by atoms with Gasteiger partial charge < -0.3 is 9.84 Å². The number of benzene rings is 3. The lowest BCUT2D eigenvalue weighted by molar-refractivity contribution is 0.221. The van der Waals surface area contributed by atoms with Gasteiger partial charge in [0.05, 0.1) is 7.11 Å². The largest absolute Gasteiger partial charge is 0.494 e. The van der Waals surface area contributed by atoms with Gasteiger partial charge in [-0.2, -0.15) is 0 Å². The number of aliphatic hydroxyl groups is 1. The van der Waals surface area contributed by atoms with Gasteiger partial charge in [-0.3, -0.25) is 0 Å². The maximum atomic E-state index is 13.8. The second-order valence-corrected chi connectivity index (χ2v) is 4.86. The van der Waals surface area contributed by atoms with E-state index in [0.29, 0.717) is 5.56 Å². The van der Waals surface area contributed by atoms with Crippen molar-refractivity contribution in [3.63, 3.8) is 0 Å². The van der Waals surface area contributed by atoms with Crippen LogP contribution in [0, 0.1) is 5.82 Å². The summed E-state index contributed by atoms with van der Waals surface area (Å²) in [6, 6.07) is 18.1. The molecule has 1 N–H and O–H groups in total. The van der Waals surface area contributed by atoms with Gasteiger partial charge in [-0.1, -0.05) is 48.5 Å². The Morgan fingerprint density at radius 2 is 1.76 bits per heavy atom. The van der Waals surface area contributed by atoms with Crippen LogP contribution in [0.25, 0.3) is 10.8 Å². The molecule has 1 atom stereocenters. The summed E-state index contributed by atoms with van der Waals surface area (Å²) in [6.07, 6.45) is -0.878. The summed E-state index contributed by atoms with van der Waals surface area (Å²) in [5, 5.41) is 12.6. The highest BCUT2D eigenvalue weighted by atomic mass is 19.1. The summed E-state index contributed by atoms with van der Waals surface area (Å²) in [7, 11) is 1.42. The maximum absolute atomic E-state index is 13.8. The fraction of sp³-hybridized carbons (Fsp3) is 0.111. The zero-order valence-electron chi connectivity index (χ0n) is 11.6. The minimum Gasteiger partial charge on any atom is -0.494 e. The lowest BCUT2D eigenvalue weighted by Crippen LogP contribution is -2.01. The molecule has 21 heavy (non-hydrogen) atoms. The van der Waals surface area contributed by atoms with E-state index in [1.807, 2.05) is 42.5 Å². The average molecular weight is 282 g/mol. The van der Waals surface area contributed by atoms with Crippen molar-refractivity contribution in [2.75, 3.05) is 7.11 Å². The Bertz CT molecular complexity index is 778. The van der Waals surface area contributed by atoms with Gasteiger partial charge in [0.2, 0.25) is 0 Å². The van der Waals surface area contributed by atoms with E-state index in [9.17, 15) is 9.50 Å². The predicted molar refractivity (Wildman–Crippen MR) is 81.0 cm³/mol. The third-order valence-electron chi connectivity index (χ3n) is 3.61. The monoisotopic (exact) mass is 282 g/mol. The fourth-order valence-electron chi connectivity index (χ4n) is 2.52. The number of aliphatic hydroxyl groups excluding tert-OH is 1. The van der Waals surface area contributed by atoms with E-state index >= 15 is 0 Å². The molecule has 2 nitrogen and oxygen atoms in total. The first-order valence-electron chi connectivity index (χ1n) is 6.70. The predicted octanol–water partition coefficient (Wildman–Crippen LogP) is 4.07. The van der Waals surface area contributed by atoms with Gasteiger partial charge in [0, 0.05) is 0 Å². The van der Waals surface area contributed by atoms with Gasteiger partial charge in [0.15, 0.2) is 11.6 Å². The summed E-state index contributed by atoms with van der Waals surface area (Å²) >= 11 is 0. The maximum Gasteiger partial charge on any atom is 0.165 e. The molecule has 0 aromatic heterocycles. The third kappa shape index (κ3) is 2.48. The van der Waals surface area contributed by atoms with Crippen molar-refractivity contribution in [1.82, 2.24) is 0 Å². The van der Waals surface area contributed by atoms with Crippen LogP contribution in [-0.2, 0) is 0 Å². The molecule has 0 aliphatic rings. The molecule has 0 saturated carbocycles. The van der Waals surface area contributed by atoms with Gasteiger partial charge in [-0.15, -0.1) is 0 Å². The van der Waals surface area contributed by atoms with Crippen LogP contribution in [0.2, 0.25) is 0 Å². The molecule has 0 amide bonds. The van der Waals surface area contributed by atoms with Crippen LogP contribution >= 0.6 is 0 Å². The van der Waals surface area contributed by atoms with Crippen LogP contribution < -0.4 is 4.74 Å². The number of fused-ring (bicyclic) bond motifs is 1. The molecule has 0 saturated heterocycles. The first-order chi connectivity index (χ1) is 10.2. The zero-order chi connectivity index (χ0) is 14.8. The molecule has 106 valence electrons. The lowest BCUT2D eigenvalue weighted by atomic mass is 9.96. The van der Waals surface area contributed by atoms with Crippen molar-refractivity contribution in [3.05, 3.63) is 77.6 Å². The van der Waals surface area contributed by atoms with Crippen molar-refractivity contribution in [2.24, 2.45) is 0 Å². The molecular formula is C18H15FO2. The van der Waals surface area contributed by atoms with E-state index in [1.54, 1.807) is 6.07 Å². The van der Waals surface area contributed by atoms with Crippen LogP contribution in [-0.4, -0.2) is 12.2 Å². The molecule has 3 rings (SSSR count). The van der Waals surface area contributed by atoms with Crippen LogP contribution in [0.5, 0.6) is 5.75 Å². The summed E-state index contributed by atoms with van der Waals surface area (Å²) in [6.45, 7) is 0. The van der Waals surface area contributed by atoms with Crippen molar-refractivity contribution >= 4 is 10.8 Å². The molecular weight excluding hydrogens is 267 g/mol. The fourth-order valence-corrected chi connectivity index (χ4v) is 2.52. The Labute approximate surface area is 122 Å².